The molecule has 2 aliphatic rings. The standard InChI is InChI=1S/C18H18O6/c1-19-15-5-11-8-22-7-10-4-13-14(24-9-23-13)6-12(10)16(11)18(21-3)17(15)20-2/h4-6H,7-9H2,1-3H3. The largest absolute Gasteiger partial charge is 0.493 e. The van der Waals surface area contributed by atoms with Crippen molar-refractivity contribution < 1.29 is 28.4 Å². The number of ether oxygens (including phenoxy) is 6. The van der Waals surface area contributed by atoms with E-state index in [1.54, 1.807) is 21.3 Å². The Morgan fingerprint density at radius 3 is 2.21 bits per heavy atom. The molecule has 24 heavy (non-hydrogen) atoms. The Hall–Kier alpha value is -2.60. The summed E-state index contributed by atoms with van der Waals surface area (Å²) in [6.45, 7) is 1.16. The number of rotatable bonds is 3. The summed E-state index contributed by atoms with van der Waals surface area (Å²) in [6.07, 6.45) is 0. The summed E-state index contributed by atoms with van der Waals surface area (Å²) in [5, 5.41) is 0. The summed E-state index contributed by atoms with van der Waals surface area (Å²) < 4.78 is 33.5. The lowest BCUT2D eigenvalue weighted by atomic mass is 9.94. The van der Waals surface area contributed by atoms with Gasteiger partial charge in [0.1, 0.15) is 0 Å². The second-order valence-corrected chi connectivity index (χ2v) is 5.53. The van der Waals surface area contributed by atoms with Crippen molar-refractivity contribution in [3.8, 4) is 39.9 Å². The van der Waals surface area contributed by atoms with Crippen LogP contribution in [0.1, 0.15) is 11.1 Å². The Morgan fingerprint density at radius 1 is 0.792 bits per heavy atom. The minimum absolute atomic E-state index is 0.231. The van der Waals surface area contributed by atoms with Crippen LogP contribution < -0.4 is 23.7 Å². The van der Waals surface area contributed by atoms with Crippen molar-refractivity contribution in [3.63, 3.8) is 0 Å². The summed E-state index contributed by atoms with van der Waals surface area (Å²) in [7, 11) is 4.82. The maximum absolute atomic E-state index is 5.83. The van der Waals surface area contributed by atoms with Crippen molar-refractivity contribution in [1.29, 1.82) is 0 Å². The van der Waals surface area contributed by atoms with Crippen LogP contribution in [0.4, 0.5) is 0 Å². The molecule has 0 bridgehead atoms. The fourth-order valence-electron chi connectivity index (χ4n) is 3.22. The molecule has 2 aromatic rings. The molecule has 0 saturated heterocycles. The SMILES string of the molecule is COc1cc2c(c(OC)c1OC)-c1cc3c(cc1COC2)OCO3. The second kappa shape index (κ2) is 5.79. The van der Waals surface area contributed by atoms with Crippen LogP contribution >= 0.6 is 0 Å². The molecule has 2 heterocycles. The fraction of sp³-hybridized carbons (Fsp3) is 0.333. The van der Waals surface area contributed by atoms with Gasteiger partial charge >= 0.3 is 0 Å². The number of methoxy groups -OCH3 is 3. The third-order valence-electron chi connectivity index (χ3n) is 4.29. The van der Waals surface area contributed by atoms with Crippen LogP contribution in [0.2, 0.25) is 0 Å². The lowest BCUT2D eigenvalue weighted by Gasteiger charge is -2.19. The maximum Gasteiger partial charge on any atom is 0.231 e. The molecule has 6 nitrogen and oxygen atoms in total. The first-order valence-electron chi connectivity index (χ1n) is 7.59. The smallest absolute Gasteiger partial charge is 0.231 e. The lowest BCUT2D eigenvalue weighted by molar-refractivity contribution is 0.109. The van der Waals surface area contributed by atoms with Crippen molar-refractivity contribution in [2.24, 2.45) is 0 Å². The fourth-order valence-corrected chi connectivity index (χ4v) is 3.22. The van der Waals surface area contributed by atoms with E-state index in [-0.39, 0.29) is 6.79 Å². The molecule has 6 heteroatoms. The highest BCUT2D eigenvalue weighted by Crippen LogP contribution is 2.50. The first-order valence-corrected chi connectivity index (χ1v) is 7.59. The van der Waals surface area contributed by atoms with E-state index >= 15 is 0 Å². The van der Waals surface area contributed by atoms with Crippen molar-refractivity contribution in [2.45, 2.75) is 13.2 Å². The van der Waals surface area contributed by atoms with Gasteiger partial charge in [0.15, 0.2) is 23.0 Å². The van der Waals surface area contributed by atoms with E-state index in [1.165, 1.54) is 0 Å². The predicted molar refractivity (Wildman–Crippen MR) is 86.2 cm³/mol. The average molecular weight is 330 g/mol. The molecule has 0 amide bonds. The molecule has 0 atom stereocenters. The van der Waals surface area contributed by atoms with Gasteiger partial charge < -0.3 is 28.4 Å². The molecule has 2 aromatic carbocycles. The van der Waals surface area contributed by atoms with Crippen LogP contribution in [0.25, 0.3) is 11.1 Å². The van der Waals surface area contributed by atoms with E-state index in [2.05, 4.69) is 0 Å². The minimum atomic E-state index is 0.231. The summed E-state index contributed by atoms with van der Waals surface area (Å²) >= 11 is 0. The molecular weight excluding hydrogens is 312 g/mol. The topological polar surface area (TPSA) is 55.4 Å². The van der Waals surface area contributed by atoms with Gasteiger partial charge in [-0.3, -0.25) is 0 Å². The zero-order chi connectivity index (χ0) is 16.7. The van der Waals surface area contributed by atoms with E-state index in [0.717, 1.165) is 33.8 Å². The molecule has 126 valence electrons. The normalized spacial score (nSPS) is 14.5. The molecule has 0 radical (unpaired) electrons. The Kier molecular flexibility index (Phi) is 3.61. The van der Waals surface area contributed by atoms with Crippen molar-refractivity contribution in [1.82, 2.24) is 0 Å². The van der Waals surface area contributed by atoms with Crippen LogP contribution in [0, 0.1) is 0 Å². The van der Waals surface area contributed by atoms with Crippen LogP contribution in [0.15, 0.2) is 18.2 Å². The molecule has 0 N–H and O–H groups in total. The molecule has 0 fully saturated rings. The van der Waals surface area contributed by atoms with Gasteiger partial charge in [-0.15, -0.1) is 0 Å². The minimum Gasteiger partial charge on any atom is -0.493 e. The Morgan fingerprint density at radius 2 is 1.50 bits per heavy atom. The van der Waals surface area contributed by atoms with Crippen LogP contribution in [-0.2, 0) is 18.0 Å². The molecule has 0 unspecified atom stereocenters. The second-order valence-electron chi connectivity index (χ2n) is 5.53. The first-order chi connectivity index (χ1) is 11.8. The molecule has 0 spiro atoms. The van der Waals surface area contributed by atoms with Crippen LogP contribution in [0.5, 0.6) is 28.7 Å². The number of fused-ring (bicyclic) bond motifs is 4. The Bertz CT molecular complexity index is 799. The van der Waals surface area contributed by atoms with Gasteiger partial charge in [0.05, 0.1) is 34.5 Å². The zero-order valence-corrected chi connectivity index (χ0v) is 13.8. The monoisotopic (exact) mass is 330 g/mol. The van der Waals surface area contributed by atoms with Crippen molar-refractivity contribution in [2.75, 3.05) is 28.1 Å². The van der Waals surface area contributed by atoms with Gasteiger partial charge in [-0.05, 0) is 34.9 Å². The molecule has 0 aromatic heterocycles. The van der Waals surface area contributed by atoms with Crippen molar-refractivity contribution in [3.05, 3.63) is 29.3 Å². The predicted octanol–water partition coefficient (Wildman–Crippen LogP) is 3.14. The molecule has 2 aliphatic heterocycles. The van der Waals surface area contributed by atoms with Gasteiger partial charge in [0, 0.05) is 5.56 Å². The molecular formula is C18H18O6. The van der Waals surface area contributed by atoms with Gasteiger partial charge in [0.2, 0.25) is 12.5 Å². The zero-order valence-electron chi connectivity index (χ0n) is 13.8. The van der Waals surface area contributed by atoms with Crippen molar-refractivity contribution >= 4 is 0 Å². The van der Waals surface area contributed by atoms with Gasteiger partial charge in [0.25, 0.3) is 0 Å². The highest BCUT2D eigenvalue weighted by Gasteiger charge is 2.28. The van der Waals surface area contributed by atoms with Gasteiger partial charge in [-0.25, -0.2) is 0 Å². The third kappa shape index (κ3) is 2.14. The molecule has 0 saturated carbocycles. The van der Waals surface area contributed by atoms with Crippen LogP contribution in [0.3, 0.4) is 0 Å². The van der Waals surface area contributed by atoms with Gasteiger partial charge in [-0.2, -0.15) is 0 Å². The maximum atomic E-state index is 5.83. The van der Waals surface area contributed by atoms with Gasteiger partial charge in [-0.1, -0.05) is 0 Å². The lowest BCUT2D eigenvalue weighted by Crippen LogP contribution is -2.01. The van der Waals surface area contributed by atoms with E-state index in [0.29, 0.717) is 30.5 Å². The Labute approximate surface area is 139 Å². The third-order valence-corrected chi connectivity index (χ3v) is 4.29. The summed E-state index contributed by atoms with van der Waals surface area (Å²) in [4.78, 5) is 0. The summed E-state index contributed by atoms with van der Waals surface area (Å²) in [6, 6.07) is 5.86. The highest BCUT2D eigenvalue weighted by molar-refractivity contribution is 5.83. The molecule has 4 rings (SSSR count). The first kappa shape index (κ1) is 15.0. The summed E-state index contributed by atoms with van der Waals surface area (Å²) in [5.41, 5.74) is 3.91. The summed E-state index contributed by atoms with van der Waals surface area (Å²) in [5.74, 6) is 3.25. The number of hydrogen-bond acceptors (Lipinski definition) is 6. The highest BCUT2D eigenvalue weighted by atomic mass is 16.7. The van der Waals surface area contributed by atoms with E-state index in [9.17, 15) is 0 Å². The van der Waals surface area contributed by atoms with Crippen LogP contribution in [-0.4, -0.2) is 28.1 Å². The quantitative estimate of drug-likeness (QED) is 0.862. The van der Waals surface area contributed by atoms with E-state index < -0.39 is 0 Å². The average Bonchev–Trinajstić information content (AvgIpc) is 2.99. The van der Waals surface area contributed by atoms with E-state index in [1.807, 2.05) is 18.2 Å². The number of hydrogen-bond donors (Lipinski definition) is 0. The Balaban J connectivity index is 2.02. The number of benzene rings is 2. The van der Waals surface area contributed by atoms with E-state index in [4.69, 9.17) is 28.4 Å². The molecule has 0 aliphatic carbocycles.